The van der Waals surface area contributed by atoms with Crippen LogP contribution in [0.1, 0.15) is 0 Å². The number of nitrogens with zero attached hydrogens (tertiary/aromatic N) is 1. The molecule has 3 aromatic rings. The van der Waals surface area contributed by atoms with E-state index in [0.29, 0.717) is 10.1 Å². The number of rotatable bonds is 2. The molecule has 0 saturated heterocycles. The van der Waals surface area contributed by atoms with Crippen LogP contribution in [0.4, 0.5) is 5.69 Å². The SMILES string of the molecule is O=[N+]([O-])c1ccc2c(c1)sc1ccc(S(=O)(=O)O)cc12. The van der Waals surface area contributed by atoms with Crippen LogP contribution in [0.2, 0.25) is 0 Å². The van der Waals surface area contributed by atoms with Crippen LogP contribution in [0.15, 0.2) is 41.3 Å². The van der Waals surface area contributed by atoms with Crippen LogP contribution in [0.5, 0.6) is 0 Å². The summed E-state index contributed by atoms with van der Waals surface area (Å²) in [5, 5.41) is 12.1. The molecule has 0 atom stereocenters. The highest BCUT2D eigenvalue weighted by atomic mass is 32.2. The Hall–Kier alpha value is -2.03. The molecule has 0 spiro atoms. The van der Waals surface area contributed by atoms with Gasteiger partial charge >= 0.3 is 0 Å². The molecular formula is C12H7NO5S2. The largest absolute Gasteiger partial charge is 0.294 e. The Bertz CT molecular complexity index is 959. The number of fused-ring (bicyclic) bond motifs is 3. The van der Waals surface area contributed by atoms with Crippen molar-refractivity contribution in [3.8, 4) is 0 Å². The first-order chi connectivity index (χ1) is 9.36. The van der Waals surface area contributed by atoms with Crippen molar-refractivity contribution < 1.29 is 17.9 Å². The maximum absolute atomic E-state index is 11.1. The molecule has 1 aromatic heterocycles. The van der Waals surface area contributed by atoms with E-state index < -0.39 is 15.0 Å². The molecule has 0 amide bonds. The molecule has 0 bridgehead atoms. The number of hydrogen-bond donors (Lipinski definition) is 1. The predicted octanol–water partition coefficient (Wildman–Crippen LogP) is 3.21. The van der Waals surface area contributed by atoms with E-state index in [1.807, 2.05) is 0 Å². The van der Waals surface area contributed by atoms with Gasteiger partial charge in [-0.05, 0) is 24.3 Å². The summed E-state index contributed by atoms with van der Waals surface area (Å²) in [6.45, 7) is 0. The zero-order valence-electron chi connectivity index (χ0n) is 9.81. The molecule has 3 rings (SSSR count). The molecule has 102 valence electrons. The first-order valence-electron chi connectivity index (χ1n) is 5.44. The number of thiophene rings is 1. The molecule has 0 unspecified atom stereocenters. The minimum atomic E-state index is -4.27. The van der Waals surface area contributed by atoms with Crippen molar-refractivity contribution in [3.63, 3.8) is 0 Å². The van der Waals surface area contributed by atoms with Gasteiger partial charge in [-0.15, -0.1) is 11.3 Å². The zero-order valence-corrected chi connectivity index (χ0v) is 11.4. The molecule has 20 heavy (non-hydrogen) atoms. The van der Waals surface area contributed by atoms with Crippen molar-refractivity contribution in [2.24, 2.45) is 0 Å². The Labute approximate surface area is 117 Å². The quantitative estimate of drug-likeness (QED) is 0.445. The van der Waals surface area contributed by atoms with Gasteiger partial charge in [-0.25, -0.2) is 0 Å². The van der Waals surface area contributed by atoms with E-state index in [1.54, 1.807) is 12.1 Å². The number of hydrogen-bond acceptors (Lipinski definition) is 5. The molecule has 0 aliphatic heterocycles. The molecule has 8 heteroatoms. The highest BCUT2D eigenvalue weighted by Crippen LogP contribution is 2.36. The van der Waals surface area contributed by atoms with Gasteiger partial charge in [-0.1, -0.05) is 0 Å². The van der Waals surface area contributed by atoms with Gasteiger partial charge in [0.2, 0.25) is 0 Å². The summed E-state index contributed by atoms with van der Waals surface area (Å²) < 4.78 is 32.9. The summed E-state index contributed by atoms with van der Waals surface area (Å²) >= 11 is 1.33. The molecule has 1 N–H and O–H groups in total. The van der Waals surface area contributed by atoms with Crippen LogP contribution in [-0.4, -0.2) is 17.9 Å². The van der Waals surface area contributed by atoms with Gasteiger partial charge in [0.1, 0.15) is 0 Å². The van der Waals surface area contributed by atoms with E-state index >= 15 is 0 Å². The summed E-state index contributed by atoms with van der Waals surface area (Å²) in [5.74, 6) is 0. The molecular weight excluding hydrogens is 302 g/mol. The van der Waals surface area contributed by atoms with Gasteiger partial charge in [0.05, 0.1) is 9.82 Å². The highest BCUT2D eigenvalue weighted by molar-refractivity contribution is 7.85. The topological polar surface area (TPSA) is 97.5 Å². The standard InChI is InChI=1S/C12H7NO5S2/c14-13(15)7-1-3-9-10-6-8(20(16,17)18)2-4-11(10)19-12(9)5-7/h1-6H,(H,16,17,18). The molecule has 6 nitrogen and oxygen atoms in total. The van der Waals surface area contributed by atoms with Crippen LogP contribution < -0.4 is 0 Å². The second-order valence-electron chi connectivity index (χ2n) is 4.17. The molecule has 0 aliphatic rings. The second-order valence-corrected chi connectivity index (χ2v) is 6.68. The van der Waals surface area contributed by atoms with Crippen LogP contribution in [0, 0.1) is 10.1 Å². The van der Waals surface area contributed by atoms with Crippen molar-refractivity contribution >= 4 is 47.3 Å². The van der Waals surface area contributed by atoms with E-state index in [4.69, 9.17) is 4.55 Å². The Morgan fingerprint density at radius 3 is 2.45 bits per heavy atom. The Kier molecular flexibility index (Phi) is 2.75. The summed E-state index contributed by atoms with van der Waals surface area (Å²) in [6, 6.07) is 8.66. The zero-order chi connectivity index (χ0) is 14.5. The predicted molar refractivity (Wildman–Crippen MR) is 75.8 cm³/mol. The van der Waals surface area contributed by atoms with E-state index in [2.05, 4.69) is 0 Å². The second kappa shape index (κ2) is 4.23. The molecule has 0 aliphatic carbocycles. The van der Waals surface area contributed by atoms with Crippen LogP contribution in [-0.2, 0) is 10.1 Å². The summed E-state index contributed by atoms with van der Waals surface area (Å²) in [4.78, 5) is 10.1. The van der Waals surface area contributed by atoms with E-state index in [0.717, 1.165) is 10.1 Å². The van der Waals surface area contributed by atoms with Gasteiger partial charge in [0, 0.05) is 32.3 Å². The lowest BCUT2D eigenvalue weighted by Gasteiger charge is -1.97. The van der Waals surface area contributed by atoms with Crippen molar-refractivity contribution in [1.82, 2.24) is 0 Å². The summed E-state index contributed by atoms with van der Waals surface area (Å²) in [5.41, 5.74) is -0.0148. The Balaban J connectivity index is 2.35. The Morgan fingerprint density at radius 1 is 1.05 bits per heavy atom. The lowest BCUT2D eigenvalue weighted by atomic mass is 10.1. The van der Waals surface area contributed by atoms with E-state index in [9.17, 15) is 18.5 Å². The van der Waals surface area contributed by atoms with Gasteiger partial charge in [-0.2, -0.15) is 8.42 Å². The molecule has 1 heterocycles. The highest BCUT2D eigenvalue weighted by Gasteiger charge is 2.14. The van der Waals surface area contributed by atoms with Gasteiger partial charge < -0.3 is 0 Å². The maximum Gasteiger partial charge on any atom is 0.294 e. The van der Waals surface area contributed by atoms with Gasteiger partial charge in [0.15, 0.2) is 0 Å². The number of benzene rings is 2. The molecule has 0 radical (unpaired) electrons. The third-order valence-corrected chi connectivity index (χ3v) is 4.92. The number of nitro groups is 1. The van der Waals surface area contributed by atoms with Gasteiger partial charge in [0.25, 0.3) is 15.8 Å². The van der Waals surface area contributed by atoms with Crippen molar-refractivity contribution in [1.29, 1.82) is 0 Å². The third-order valence-electron chi connectivity index (χ3n) is 2.93. The van der Waals surface area contributed by atoms with Crippen molar-refractivity contribution in [2.45, 2.75) is 4.90 Å². The van der Waals surface area contributed by atoms with Crippen LogP contribution >= 0.6 is 11.3 Å². The minimum Gasteiger partial charge on any atom is -0.282 e. The summed E-state index contributed by atoms with van der Waals surface area (Å²) in [6.07, 6.45) is 0. The van der Waals surface area contributed by atoms with Crippen molar-refractivity contribution in [2.75, 3.05) is 0 Å². The fourth-order valence-electron chi connectivity index (χ4n) is 2.02. The maximum atomic E-state index is 11.1. The normalized spacial score (nSPS) is 12.1. The van der Waals surface area contributed by atoms with Crippen LogP contribution in [0.3, 0.4) is 0 Å². The van der Waals surface area contributed by atoms with Crippen LogP contribution in [0.25, 0.3) is 20.2 Å². The first-order valence-corrected chi connectivity index (χ1v) is 7.70. The fourth-order valence-corrected chi connectivity index (χ4v) is 3.65. The van der Waals surface area contributed by atoms with Gasteiger partial charge in [-0.3, -0.25) is 14.7 Å². The third kappa shape index (κ3) is 2.03. The minimum absolute atomic E-state index is 0.0148. The average molecular weight is 309 g/mol. The first kappa shape index (κ1) is 13.0. The molecule has 0 fully saturated rings. The monoisotopic (exact) mass is 309 g/mol. The lowest BCUT2D eigenvalue weighted by Crippen LogP contribution is -1.96. The van der Waals surface area contributed by atoms with E-state index in [-0.39, 0.29) is 10.6 Å². The lowest BCUT2D eigenvalue weighted by molar-refractivity contribution is -0.384. The molecule has 0 saturated carbocycles. The average Bonchev–Trinajstić information content (AvgIpc) is 2.74. The van der Waals surface area contributed by atoms with E-state index in [1.165, 1.54) is 35.6 Å². The number of non-ortho nitro benzene ring substituents is 1. The smallest absolute Gasteiger partial charge is 0.282 e. The molecule has 2 aromatic carbocycles. The summed E-state index contributed by atoms with van der Waals surface area (Å²) in [7, 11) is -4.27. The Morgan fingerprint density at radius 2 is 1.80 bits per heavy atom. The van der Waals surface area contributed by atoms with Crippen molar-refractivity contribution in [3.05, 3.63) is 46.5 Å². The number of nitro benzene ring substituents is 1. The fraction of sp³-hybridized carbons (Fsp3) is 0.